The SMILES string of the molecule is CC/C=C\C/C=C\C/C=C\C/C=C\C/C=C\C/C=C\C/C=C\CCCCCCCC(=O)OCC(COC(=O)CCCCCCCCCCCC)OC(=O)CCCCCCCCCCCCCCCCCCCCCCCCC. The predicted molar refractivity (Wildman–Crippen MR) is 339 cm³/mol. The van der Waals surface area contributed by atoms with Gasteiger partial charge < -0.3 is 14.2 Å². The Labute approximate surface area is 484 Å². The maximum atomic E-state index is 12.9. The van der Waals surface area contributed by atoms with Crippen LogP contribution in [-0.4, -0.2) is 37.2 Å². The van der Waals surface area contributed by atoms with Gasteiger partial charge in [0.2, 0.25) is 0 Å². The Hall–Kier alpha value is -3.41. The van der Waals surface area contributed by atoms with Crippen molar-refractivity contribution in [3.8, 4) is 0 Å². The molecule has 0 heterocycles. The molecule has 0 amide bonds. The first-order chi connectivity index (χ1) is 38.5. The summed E-state index contributed by atoms with van der Waals surface area (Å²) in [6, 6.07) is 0. The molecule has 0 N–H and O–H groups in total. The number of hydrogen-bond donors (Lipinski definition) is 0. The molecule has 0 aliphatic carbocycles. The molecule has 0 aliphatic heterocycles. The number of unbranched alkanes of at least 4 members (excludes halogenated alkanes) is 36. The maximum absolute atomic E-state index is 12.9. The summed E-state index contributed by atoms with van der Waals surface area (Å²) in [6.07, 6.45) is 87.5. The third kappa shape index (κ3) is 63.4. The quantitative estimate of drug-likeness (QED) is 0.0261. The summed E-state index contributed by atoms with van der Waals surface area (Å²) in [5, 5.41) is 0. The van der Waals surface area contributed by atoms with E-state index in [2.05, 4.69) is 106 Å². The summed E-state index contributed by atoms with van der Waals surface area (Å²) in [4.78, 5) is 38.3. The molecule has 0 radical (unpaired) electrons. The first-order valence-corrected chi connectivity index (χ1v) is 33.6. The van der Waals surface area contributed by atoms with Crippen molar-refractivity contribution in [1.29, 1.82) is 0 Å². The third-order valence-corrected chi connectivity index (χ3v) is 14.7. The lowest BCUT2D eigenvalue weighted by atomic mass is 10.0. The topological polar surface area (TPSA) is 78.9 Å². The highest BCUT2D eigenvalue weighted by Gasteiger charge is 2.19. The molecule has 78 heavy (non-hydrogen) atoms. The highest BCUT2D eigenvalue weighted by Crippen LogP contribution is 2.17. The lowest BCUT2D eigenvalue weighted by Crippen LogP contribution is -2.30. The van der Waals surface area contributed by atoms with Crippen LogP contribution in [0.25, 0.3) is 0 Å². The Kier molecular flexibility index (Phi) is 63.2. The maximum Gasteiger partial charge on any atom is 0.306 e. The Morgan fingerprint density at radius 3 is 0.782 bits per heavy atom. The van der Waals surface area contributed by atoms with E-state index in [0.717, 1.165) is 122 Å². The van der Waals surface area contributed by atoms with Gasteiger partial charge in [0.25, 0.3) is 0 Å². The van der Waals surface area contributed by atoms with Gasteiger partial charge in [-0.3, -0.25) is 14.4 Å². The minimum Gasteiger partial charge on any atom is -0.462 e. The van der Waals surface area contributed by atoms with Crippen molar-refractivity contribution in [2.75, 3.05) is 13.2 Å². The third-order valence-electron chi connectivity index (χ3n) is 14.7. The summed E-state index contributed by atoms with van der Waals surface area (Å²) in [7, 11) is 0. The van der Waals surface area contributed by atoms with E-state index >= 15 is 0 Å². The van der Waals surface area contributed by atoms with Gasteiger partial charge in [-0.15, -0.1) is 0 Å². The van der Waals surface area contributed by atoms with Crippen molar-refractivity contribution >= 4 is 17.9 Å². The molecular formula is C72H126O6. The fourth-order valence-electron chi connectivity index (χ4n) is 9.66. The zero-order chi connectivity index (χ0) is 56.4. The van der Waals surface area contributed by atoms with Gasteiger partial charge in [0, 0.05) is 19.3 Å². The number of rotatable bonds is 61. The van der Waals surface area contributed by atoms with Gasteiger partial charge in [0.05, 0.1) is 0 Å². The van der Waals surface area contributed by atoms with E-state index in [-0.39, 0.29) is 31.1 Å². The van der Waals surface area contributed by atoms with Crippen molar-refractivity contribution in [2.45, 2.75) is 341 Å². The summed E-state index contributed by atoms with van der Waals surface area (Å²) >= 11 is 0. The standard InChI is InChI=1S/C72H126O6/c1-4-7-10-13-16-19-22-24-26-28-30-32-34-35-36-37-39-40-42-44-46-48-50-53-56-59-62-65-71(74)77-68-69(67-76-70(73)64-61-58-55-52-21-18-15-12-9-6-3)78-72(75)66-63-60-57-54-51-49-47-45-43-41-38-33-31-29-27-25-23-20-17-14-11-8-5-2/h7,10,16,19,24,26,30,32,35-36,39-40,44,46,69H,4-6,8-9,11-15,17-18,20-23,25,27-29,31,33-34,37-38,41-43,45,47-68H2,1-3H3/b10-7-,19-16-,26-24-,32-30-,36-35-,40-39-,46-44-. The van der Waals surface area contributed by atoms with E-state index in [1.807, 2.05) is 0 Å². The van der Waals surface area contributed by atoms with Crippen LogP contribution in [0, 0.1) is 0 Å². The first-order valence-electron chi connectivity index (χ1n) is 33.6. The molecule has 0 aromatic rings. The van der Waals surface area contributed by atoms with E-state index in [4.69, 9.17) is 14.2 Å². The Morgan fingerprint density at radius 2 is 0.500 bits per heavy atom. The van der Waals surface area contributed by atoms with Gasteiger partial charge >= 0.3 is 17.9 Å². The van der Waals surface area contributed by atoms with E-state index in [9.17, 15) is 14.4 Å². The molecule has 0 bridgehead atoms. The second-order valence-corrected chi connectivity index (χ2v) is 22.4. The van der Waals surface area contributed by atoms with Crippen LogP contribution in [0.2, 0.25) is 0 Å². The molecule has 6 nitrogen and oxygen atoms in total. The van der Waals surface area contributed by atoms with Crippen molar-refractivity contribution in [3.05, 3.63) is 85.1 Å². The number of carbonyl (C=O) groups excluding carboxylic acids is 3. The van der Waals surface area contributed by atoms with Crippen LogP contribution < -0.4 is 0 Å². The number of ether oxygens (including phenoxy) is 3. The lowest BCUT2D eigenvalue weighted by Gasteiger charge is -2.18. The summed E-state index contributed by atoms with van der Waals surface area (Å²) in [6.45, 7) is 6.54. The van der Waals surface area contributed by atoms with Crippen molar-refractivity contribution in [3.63, 3.8) is 0 Å². The molecule has 0 aromatic carbocycles. The molecule has 1 unspecified atom stereocenters. The Bertz CT molecular complexity index is 1480. The highest BCUT2D eigenvalue weighted by molar-refractivity contribution is 5.71. The minimum atomic E-state index is -0.782. The Morgan fingerprint density at radius 1 is 0.269 bits per heavy atom. The fraction of sp³-hybridized carbons (Fsp3) is 0.764. The molecular weight excluding hydrogens is 961 g/mol. The molecule has 0 fully saturated rings. The van der Waals surface area contributed by atoms with Crippen molar-refractivity contribution in [1.82, 2.24) is 0 Å². The van der Waals surface area contributed by atoms with Gasteiger partial charge in [-0.25, -0.2) is 0 Å². The molecule has 0 saturated heterocycles. The molecule has 1 atom stereocenters. The minimum absolute atomic E-state index is 0.0785. The average molecular weight is 1090 g/mol. The van der Waals surface area contributed by atoms with Crippen LogP contribution in [0.5, 0.6) is 0 Å². The van der Waals surface area contributed by atoms with Crippen LogP contribution in [0.1, 0.15) is 335 Å². The number of esters is 3. The monoisotopic (exact) mass is 1090 g/mol. The number of carbonyl (C=O) groups is 3. The molecule has 0 aliphatic rings. The molecule has 0 rings (SSSR count). The fourth-order valence-corrected chi connectivity index (χ4v) is 9.66. The van der Waals surface area contributed by atoms with Gasteiger partial charge in [0.1, 0.15) is 13.2 Å². The van der Waals surface area contributed by atoms with E-state index in [1.165, 1.54) is 173 Å². The molecule has 6 heteroatoms. The van der Waals surface area contributed by atoms with Crippen molar-refractivity contribution < 1.29 is 28.6 Å². The van der Waals surface area contributed by atoms with Gasteiger partial charge in [-0.2, -0.15) is 0 Å². The molecule has 450 valence electrons. The molecule has 0 aromatic heterocycles. The number of allylic oxidation sites excluding steroid dienone is 14. The van der Waals surface area contributed by atoms with Crippen molar-refractivity contribution in [2.24, 2.45) is 0 Å². The van der Waals surface area contributed by atoms with Crippen LogP contribution in [0.3, 0.4) is 0 Å². The highest BCUT2D eigenvalue weighted by atomic mass is 16.6. The van der Waals surface area contributed by atoms with E-state index in [0.29, 0.717) is 19.3 Å². The summed E-state index contributed by atoms with van der Waals surface area (Å²) in [5.41, 5.74) is 0. The van der Waals surface area contributed by atoms with Gasteiger partial charge in [0.15, 0.2) is 6.10 Å². The average Bonchev–Trinajstić information content (AvgIpc) is 3.44. The molecule has 0 spiro atoms. The van der Waals surface area contributed by atoms with Gasteiger partial charge in [-0.05, 0) is 77.0 Å². The second-order valence-electron chi connectivity index (χ2n) is 22.4. The lowest BCUT2D eigenvalue weighted by molar-refractivity contribution is -0.167. The summed E-state index contributed by atoms with van der Waals surface area (Å²) in [5.74, 6) is -0.883. The Balaban J connectivity index is 4.26. The molecule has 0 saturated carbocycles. The predicted octanol–water partition coefficient (Wildman–Crippen LogP) is 23.1. The van der Waals surface area contributed by atoms with Crippen LogP contribution in [-0.2, 0) is 28.6 Å². The van der Waals surface area contributed by atoms with Crippen LogP contribution in [0.15, 0.2) is 85.1 Å². The van der Waals surface area contributed by atoms with Crippen LogP contribution in [0.4, 0.5) is 0 Å². The van der Waals surface area contributed by atoms with E-state index < -0.39 is 6.10 Å². The zero-order valence-electron chi connectivity index (χ0n) is 51.7. The van der Waals surface area contributed by atoms with E-state index in [1.54, 1.807) is 0 Å². The first kappa shape index (κ1) is 74.6. The summed E-state index contributed by atoms with van der Waals surface area (Å²) < 4.78 is 16.9. The zero-order valence-corrected chi connectivity index (χ0v) is 51.7. The van der Waals surface area contributed by atoms with Crippen LogP contribution >= 0.6 is 0 Å². The second kappa shape index (κ2) is 66.1. The largest absolute Gasteiger partial charge is 0.462 e. The normalized spacial score (nSPS) is 12.6. The smallest absolute Gasteiger partial charge is 0.306 e. The van der Waals surface area contributed by atoms with Gasteiger partial charge in [-0.1, -0.05) is 324 Å². The number of hydrogen-bond acceptors (Lipinski definition) is 6.